The quantitative estimate of drug-likeness (QED) is 0.803. The van der Waals surface area contributed by atoms with E-state index in [1.54, 1.807) is 24.3 Å². The summed E-state index contributed by atoms with van der Waals surface area (Å²) in [6, 6.07) is 10.6. The molecule has 2 rings (SSSR count). The van der Waals surface area contributed by atoms with Gasteiger partial charge in [-0.1, -0.05) is 12.1 Å². The Bertz CT molecular complexity index is 613. The molecule has 0 saturated carbocycles. The summed E-state index contributed by atoms with van der Waals surface area (Å²) in [6.07, 6.45) is 0. The summed E-state index contributed by atoms with van der Waals surface area (Å²) in [4.78, 5) is 10.8. The molecule has 5 heteroatoms. The van der Waals surface area contributed by atoms with Crippen LogP contribution in [0.2, 0.25) is 0 Å². The second-order valence-electron chi connectivity index (χ2n) is 4.35. The fourth-order valence-corrected chi connectivity index (χ4v) is 3.37. The van der Waals surface area contributed by atoms with E-state index in [0.717, 1.165) is 25.8 Å². The van der Waals surface area contributed by atoms with E-state index in [9.17, 15) is 4.79 Å². The van der Waals surface area contributed by atoms with Crippen LogP contribution in [-0.2, 0) is 6.61 Å². The fourth-order valence-electron chi connectivity index (χ4n) is 1.72. The number of carbonyl (C=O) groups is 1. The van der Waals surface area contributed by atoms with Crippen molar-refractivity contribution in [1.82, 2.24) is 0 Å². The molecule has 1 N–H and O–H groups in total. The Labute approximate surface area is 133 Å². The number of hydrogen-bond donors (Lipinski definition) is 1. The van der Waals surface area contributed by atoms with Crippen molar-refractivity contribution in [2.75, 3.05) is 0 Å². The largest absolute Gasteiger partial charge is 0.487 e. The van der Waals surface area contributed by atoms with Gasteiger partial charge in [0.15, 0.2) is 0 Å². The van der Waals surface area contributed by atoms with Gasteiger partial charge in [-0.2, -0.15) is 0 Å². The lowest BCUT2D eigenvalue weighted by molar-refractivity contribution is 0.0697. The van der Waals surface area contributed by atoms with E-state index < -0.39 is 5.97 Å². The molecule has 0 aliphatic heterocycles. The SMILES string of the molecule is Cc1cc(Br)c(OCc2ccc(C(=O)O)cc2)c(Br)c1. The van der Waals surface area contributed by atoms with E-state index in [2.05, 4.69) is 31.9 Å². The van der Waals surface area contributed by atoms with Gasteiger partial charge in [0, 0.05) is 0 Å². The normalized spacial score (nSPS) is 10.3. The number of aryl methyl sites for hydroxylation is 1. The third kappa shape index (κ3) is 3.61. The molecule has 0 spiro atoms. The smallest absolute Gasteiger partial charge is 0.335 e. The van der Waals surface area contributed by atoms with Gasteiger partial charge >= 0.3 is 5.97 Å². The van der Waals surface area contributed by atoms with Gasteiger partial charge in [0.05, 0.1) is 14.5 Å². The molecule has 0 atom stereocenters. The highest BCUT2D eigenvalue weighted by atomic mass is 79.9. The molecule has 20 heavy (non-hydrogen) atoms. The predicted octanol–water partition coefficient (Wildman–Crippen LogP) is 4.80. The van der Waals surface area contributed by atoms with Crippen molar-refractivity contribution in [3.63, 3.8) is 0 Å². The molecule has 0 radical (unpaired) electrons. The van der Waals surface area contributed by atoms with Gasteiger partial charge in [-0.15, -0.1) is 0 Å². The van der Waals surface area contributed by atoms with Gasteiger partial charge in [-0.25, -0.2) is 4.79 Å². The van der Waals surface area contributed by atoms with E-state index in [4.69, 9.17) is 9.84 Å². The van der Waals surface area contributed by atoms with Crippen molar-refractivity contribution < 1.29 is 14.6 Å². The van der Waals surface area contributed by atoms with Crippen LogP contribution in [0.5, 0.6) is 5.75 Å². The first kappa shape index (κ1) is 15.1. The number of aromatic carboxylic acids is 1. The summed E-state index contributed by atoms with van der Waals surface area (Å²) in [5.74, 6) is -0.195. The Balaban J connectivity index is 2.11. The lowest BCUT2D eigenvalue weighted by atomic mass is 10.1. The van der Waals surface area contributed by atoms with E-state index in [0.29, 0.717) is 6.61 Å². The molecular weight excluding hydrogens is 388 g/mol. The van der Waals surface area contributed by atoms with Crippen molar-refractivity contribution in [1.29, 1.82) is 0 Å². The van der Waals surface area contributed by atoms with Crippen LogP contribution in [0.25, 0.3) is 0 Å². The Morgan fingerprint density at radius 3 is 2.20 bits per heavy atom. The van der Waals surface area contributed by atoms with Gasteiger partial charge in [0.25, 0.3) is 0 Å². The molecule has 2 aromatic rings. The fraction of sp³-hybridized carbons (Fsp3) is 0.133. The van der Waals surface area contributed by atoms with Crippen molar-refractivity contribution in [2.24, 2.45) is 0 Å². The maximum atomic E-state index is 10.8. The third-order valence-corrected chi connectivity index (χ3v) is 3.90. The van der Waals surface area contributed by atoms with Crippen LogP contribution in [0, 0.1) is 6.92 Å². The molecule has 0 saturated heterocycles. The number of halogens is 2. The molecule has 0 aliphatic carbocycles. The number of carboxylic acid groups (broad SMARTS) is 1. The van der Waals surface area contributed by atoms with Crippen molar-refractivity contribution >= 4 is 37.8 Å². The molecule has 0 unspecified atom stereocenters. The zero-order chi connectivity index (χ0) is 14.7. The Morgan fingerprint density at radius 2 is 1.70 bits per heavy atom. The Morgan fingerprint density at radius 1 is 1.15 bits per heavy atom. The molecule has 0 heterocycles. The highest BCUT2D eigenvalue weighted by Gasteiger charge is 2.08. The molecule has 2 aromatic carbocycles. The number of carboxylic acids is 1. The Kier molecular flexibility index (Phi) is 4.83. The molecule has 0 aliphatic rings. The summed E-state index contributed by atoms with van der Waals surface area (Å²) in [7, 11) is 0. The second-order valence-corrected chi connectivity index (χ2v) is 6.06. The van der Waals surface area contributed by atoms with Crippen LogP contribution in [0.1, 0.15) is 21.5 Å². The highest BCUT2D eigenvalue weighted by molar-refractivity contribution is 9.11. The molecule has 3 nitrogen and oxygen atoms in total. The zero-order valence-corrected chi connectivity index (χ0v) is 13.9. The van der Waals surface area contributed by atoms with E-state index in [1.807, 2.05) is 19.1 Å². The van der Waals surface area contributed by atoms with Gasteiger partial charge in [0.1, 0.15) is 12.4 Å². The van der Waals surface area contributed by atoms with E-state index in [-0.39, 0.29) is 5.56 Å². The second kappa shape index (κ2) is 6.41. The zero-order valence-electron chi connectivity index (χ0n) is 10.7. The first-order valence-electron chi connectivity index (χ1n) is 5.88. The predicted molar refractivity (Wildman–Crippen MR) is 84.3 cm³/mol. The monoisotopic (exact) mass is 398 g/mol. The van der Waals surface area contributed by atoms with Gasteiger partial charge in [0.2, 0.25) is 0 Å². The van der Waals surface area contributed by atoms with Crippen LogP contribution in [0.3, 0.4) is 0 Å². The highest BCUT2D eigenvalue weighted by Crippen LogP contribution is 2.35. The third-order valence-electron chi connectivity index (χ3n) is 2.73. The van der Waals surface area contributed by atoms with Gasteiger partial charge in [-0.3, -0.25) is 0 Å². The van der Waals surface area contributed by atoms with Crippen molar-refractivity contribution in [3.8, 4) is 5.75 Å². The molecule has 0 fully saturated rings. The van der Waals surface area contributed by atoms with Gasteiger partial charge in [-0.05, 0) is 74.2 Å². The lowest BCUT2D eigenvalue weighted by Crippen LogP contribution is -1.99. The molecular formula is C15H12Br2O3. The minimum Gasteiger partial charge on any atom is -0.487 e. The van der Waals surface area contributed by atoms with Crippen LogP contribution >= 0.6 is 31.9 Å². The summed E-state index contributed by atoms with van der Waals surface area (Å²) in [5, 5.41) is 8.84. The maximum absolute atomic E-state index is 10.8. The summed E-state index contributed by atoms with van der Waals surface area (Å²) >= 11 is 6.94. The average Bonchev–Trinajstić information content (AvgIpc) is 2.38. The first-order chi connectivity index (χ1) is 9.47. The molecule has 0 aromatic heterocycles. The standard InChI is InChI=1S/C15H12Br2O3/c1-9-6-12(16)14(13(17)7-9)20-8-10-2-4-11(5-3-10)15(18)19/h2-7H,8H2,1H3,(H,18,19). The van der Waals surface area contributed by atoms with E-state index in [1.165, 1.54) is 0 Å². The first-order valence-corrected chi connectivity index (χ1v) is 7.46. The molecule has 0 bridgehead atoms. The minimum absolute atomic E-state index is 0.270. The van der Waals surface area contributed by atoms with Crippen LogP contribution in [0.4, 0.5) is 0 Å². The van der Waals surface area contributed by atoms with Crippen LogP contribution in [-0.4, -0.2) is 11.1 Å². The lowest BCUT2D eigenvalue weighted by Gasteiger charge is -2.11. The summed E-state index contributed by atoms with van der Waals surface area (Å²) in [5.41, 5.74) is 2.31. The molecule has 0 amide bonds. The minimum atomic E-state index is -0.929. The number of hydrogen-bond acceptors (Lipinski definition) is 2. The maximum Gasteiger partial charge on any atom is 0.335 e. The van der Waals surface area contributed by atoms with Crippen LogP contribution in [0.15, 0.2) is 45.3 Å². The van der Waals surface area contributed by atoms with Crippen LogP contribution < -0.4 is 4.74 Å². The number of rotatable bonds is 4. The summed E-state index contributed by atoms with van der Waals surface area (Å²) < 4.78 is 7.53. The molecule has 104 valence electrons. The summed E-state index contributed by atoms with van der Waals surface area (Å²) in [6.45, 7) is 2.38. The van der Waals surface area contributed by atoms with Crippen molar-refractivity contribution in [3.05, 3.63) is 62.0 Å². The van der Waals surface area contributed by atoms with Gasteiger partial charge < -0.3 is 9.84 Å². The van der Waals surface area contributed by atoms with E-state index >= 15 is 0 Å². The topological polar surface area (TPSA) is 46.5 Å². The average molecular weight is 400 g/mol. The number of ether oxygens (including phenoxy) is 1. The van der Waals surface area contributed by atoms with Crippen molar-refractivity contribution in [2.45, 2.75) is 13.5 Å². The Hall–Kier alpha value is -1.33. The number of benzene rings is 2.